The maximum atomic E-state index is 12.0. The Hall–Kier alpha value is -2.34. The highest BCUT2D eigenvalue weighted by Gasteiger charge is 2.07. The molecule has 0 saturated heterocycles. The maximum Gasteiger partial charge on any atom is 0.255 e. The Balaban J connectivity index is 2.14. The third kappa shape index (κ3) is 3.36. The second-order valence-corrected chi connectivity index (χ2v) is 4.94. The van der Waals surface area contributed by atoms with E-state index in [1.54, 1.807) is 30.3 Å². The van der Waals surface area contributed by atoms with Crippen LogP contribution < -0.4 is 11.1 Å². The highest BCUT2D eigenvalue weighted by Crippen LogP contribution is 2.16. The Morgan fingerprint density at radius 1 is 1.15 bits per heavy atom. The van der Waals surface area contributed by atoms with Gasteiger partial charge in [0.05, 0.1) is 0 Å². The van der Waals surface area contributed by atoms with E-state index in [0.29, 0.717) is 16.8 Å². The minimum Gasteiger partial charge on any atom is -0.409 e. The van der Waals surface area contributed by atoms with Gasteiger partial charge in [-0.05, 0) is 30.3 Å². The van der Waals surface area contributed by atoms with E-state index in [-0.39, 0.29) is 11.7 Å². The van der Waals surface area contributed by atoms with Crippen LogP contribution >= 0.6 is 15.9 Å². The molecule has 0 aliphatic heterocycles. The lowest BCUT2D eigenvalue weighted by atomic mass is 10.1. The van der Waals surface area contributed by atoms with Crippen LogP contribution in [0.1, 0.15) is 15.9 Å². The van der Waals surface area contributed by atoms with Crippen molar-refractivity contribution in [2.75, 3.05) is 5.32 Å². The van der Waals surface area contributed by atoms with Crippen molar-refractivity contribution in [3.8, 4) is 0 Å². The van der Waals surface area contributed by atoms with Gasteiger partial charge in [0.1, 0.15) is 0 Å². The topological polar surface area (TPSA) is 87.7 Å². The summed E-state index contributed by atoms with van der Waals surface area (Å²) in [6.07, 6.45) is 0. The molecule has 0 fully saturated rings. The molecule has 0 atom stereocenters. The Kier molecular flexibility index (Phi) is 4.37. The van der Waals surface area contributed by atoms with Crippen molar-refractivity contribution in [2.45, 2.75) is 0 Å². The molecule has 102 valence electrons. The van der Waals surface area contributed by atoms with Crippen LogP contribution in [0.15, 0.2) is 58.2 Å². The summed E-state index contributed by atoms with van der Waals surface area (Å²) in [4.78, 5) is 12.0. The van der Waals surface area contributed by atoms with Gasteiger partial charge in [-0.15, -0.1) is 0 Å². The maximum absolute atomic E-state index is 12.0. The Morgan fingerprint density at radius 3 is 2.40 bits per heavy atom. The molecule has 6 heteroatoms. The largest absolute Gasteiger partial charge is 0.409 e. The van der Waals surface area contributed by atoms with E-state index in [2.05, 4.69) is 26.4 Å². The van der Waals surface area contributed by atoms with E-state index in [1.165, 1.54) is 0 Å². The molecular weight excluding hydrogens is 322 g/mol. The van der Waals surface area contributed by atoms with Crippen molar-refractivity contribution in [1.29, 1.82) is 0 Å². The minimum absolute atomic E-state index is 0.00366. The zero-order valence-corrected chi connectivity index (χ0v) is 12.0. The number of carbonyl (C=O) groups excluding carboxylic acids is 1. The number of nitrogens with one attached hydrogen (secondary N) is 1. The summed E-state index contributed by atoms with van der Waals surface area (Å²) in [6, 6.07) is 13.8. The first-order valence-electron chi connectivity index (χ1n) is 5.75. The van der Waals surface area contributed by atoms with E-state index in [9.17, 15) is 4.79 Å². The second-order valence-electron chi connectivity index (χ2n) is 4.03. The molecule has 1 amide bonds. The molecule has 0 heterocycles. The van der Waals surface area contributed by atoms with Crippen LogP contribution in [-0.2, 0) is 0 Å². The van der Waals surface area contributed by atoms with Crippen LogP contribution in [0, 0.1) is 0 Å². The van der Waals surface area contributed by atoms with Gasteiger partial charge in [-0.25, -0.2) is 0 Å². The number of nitrogens with two attached hydrogens (primary N) is 1. The van der Waals surface area contributed by atoms with Gasteiger partial charge in [0, 0.05) is 21.3 Å². The van der Waals surface area contributed by atoms with E-state index >= 15 is 0 Å². The van der Waals surface area contributed by atoms with E-state index in [4.69, 9.17) is 10.9 Å². The number of nitrogens with zero attached hydrogens (tertiary/aromatic N) is 1. The van der Waals surface area contributed by atoms with Crippen molar-refractivity contribution in [1.82, 2.24) is 0 Å². The summed E-state index contributed by atoms with van der Waals surface area (Å²) in [5, 5.41) is 14.2. The van der Waals surface area contributed by atoms with Crippen LogP contribution in [0.4, 0.5) is 5.69 Å². The fourth-order valence-corrected chi connectivity index (χ4v) is 2.02. The Morgan fingerprint density at radius 2 is 1.80 bits per heavy atom. The first-order valence-corrected chi connectivity index (χ1v) is 6.54. The lowest BCUT2D eigenvalue weighted by Crippen LogP contribution is -2.15. The molecule has 2 rings (SSSR count). The van der Waals surface area contributed by atoms with E-state index < -0.39 is 0 Å². The number of hydrogen-bond acceptors (Lipinski definition) is 3. The van der Waals surface area contributed by atoms with Gasteiger partial charge in [0.2, 0.25) is 0 Å². The van der Waals surface area contributed by atoms with Crippen LogP contribution in [0.5, 0.6) is 0 Å². The predicted octanol–water partition coefficient (Wildman–Crippen LogP) is 2.80. The number of amidine groups is 1. The number of benzene rings is 2. The molecular formula is C14H12BrN3O2. The SMILES string of the molecule is N/C(=N\O)c1ccc(C(=O)Nc2cccc(Br)c2)cc1. The van der Waals surface area contributed by atoms with Gasteiger partial charge in [0.15, 0.2) is 5.84 Å². The average Bonchev–Trinajstić information content (AvgIpc) is 2.46. The normalized spacial score (nSPS) is 11.2. The molecule has 0 bridgehead atoms. The minimum atomic E-state index is -0.228. The van der Waals surface area contributed by atoms with Crippen LogP contribution in [0.2, 0.25) is 0 Å². The summed E-state index contributed by atoms with van der Waals surface area (Å²) in [5.41, 5.74) is 7.19. The van der Waals surface area contributed by atoms with Crippen molar-refractivity contribution in [2.24, 2.45) is 10.9 Å². The standard InChI is InChI=1S/C14H12BrN3O2/c15-11-2-1-3-12(8-11)17-14(19)10-6-4-9(5-7-10)13(16)18-20/h1-8,20H,(H2,16,18)(H,17,19). The highest BCUT2D eigenvalue weighted by molar-refractivity contribution is 9.10. The predicted molar refractivity (Wildman–Crippen MR) is 81.0 cm³/mol. The first kappa shape index (κ1) is 14.1. The van der Waals surface area contributed by atoms with Crippen LogP contribution in [-0.4, -0.2) is 17.0 Å². The van der Waals surface area contributed by atoms with Crippen LogP contribution in [0.3, 0.4) is 0 Å². The molecule has 2 aromatic carbocycles. The van der Waals surface area contributed by atoms with Gasteiger partial charge < -0.3 is 16.3 Å². The van der Waals surface area contributed by atoms with Gasteiger partial charge in [-0.2, -0.15) is 0 Å². The number of oxime groups is 1. The van der Waals surface area contributed by atoms with Crippen molar-refractivity contribution in [3.63, 3.8) is 0 Å². The zero-order chi connectivity index (χ0) is 14.5. The summed E-state index contributed by atoms with van der Waals surface area (Å²) >= 11 is 3.34. The highest BCUT2D eigenvalue weighted by atomic mass is 79.9. The number of carbonyl (C=O) groups is 1. The Labute approximate surface area is 124 Å². The molecule has 0 aliphatic carbocycles. The molecule has 0 saturated carbocycles. The monoisotopic (exact) mass is 333 g/mol. The fourth-order valence-electron chi connectivity index (χ4n) is 1.62. The molecule has 5 nitrogen and oxygen atoms in total. The summed E-state index contributed by atoms with van der Waals surface area (Å²) in [6.45, 7) is 0. The number of rotatable bonds is 3. The number of amides is 1. The number of hydrogen-bond donors (Lipinski definition) is 3. The molecule has 0 aliphatic rings. The molecule has 2 aromatic rings. The summed E-state index contributed by atoms with van der Waals surface area (Å²) in [5.74, 6) is -0.224. The summed E-state index contributed by atoms with van der Waals surface area (Å²) < 4.78 is 0.887. The molecule has 4 N–H and O–H groups in total. The average molecular weight is 334 g/mol. The number of anilines is 1. The molecule has 0 radical (unpaired) electrons. The molecule has 0 aromatic heterocycles. The number of halogens is 1. The second kappa shape index (κ2) is 6.21. The van der Waals surface area contributed by atoms with Gasteiger partial charge in [0.25, 0.3) is 5.91 Å². The molecule has 0 unspecified atom stereocenters. The van der Waals surface area contributed by atoms with Gasteiger partial charge >= 0.3 is 0 Å². The lowest BCUT2D eigenvalue weighted by molar-refractivity contribution is 0.102. The zero-order valence-electron chi connectivity index (χ0n) is 10.4. The smallest absolute Gasteiger partial charge is 0.255 e. The van der Waals surface area contributed by atoms with Crippen LogP contribution in [0.25, 0.3) is 0 Å². The molecule has 20 heavy (non-hydrogen) atoms. The third-order valence-electron chi connectivity index (χ3n) is 2.63. The lowest BCUT2D eigenvalue weighted by Gasteiger charge is -2.06. The van der Waals surface area contributed by atoms with Crippen molar-refractivity contribution < 1.29 is 10.0 Å². The molecule has 0 spiro atoms. The van der Waals surface area contributed by atoms with Gasteiger partial charge in [-0.1, -0.05) is 39.3 Å². The summed E-state index contributed by atoms with van der Waals surface area (Å²) in [7, 11) is 0. The van der Waals surface area contributed by atoms with Crippen molar-refractivity contribution in [3.05, 3.63) is 64.1 Å². The first-order chi connectivity index (χ1) is 9.60. The Bertz CT molecular complexity index is 654. The van der Waals surface area contributed by atoms with Gasteiger partial charge in [-0.3, -0.25) is 4.79 Å². The van der Waals surface area contributed by atoms with Crippen molar-refractivity contribution >= 4 is 33.4 Å². The van der Waals surface area contributed by atoms with E-state index in [0.717, 1.165) is 4.47 Å². The van der Waals surface area contributed by atoms with E-state index in [1.807, 2.05) is 18.2 Å². The fraction of sp³-hybridized carbons (Fsp3) is 0. The quantitative estimate of drug-likeness (QED) is 0.349. The third-order valence-corrected chi connectivity index (χ3v) is 3.13.